The standard InChI is InChI=1S/C20H18N2O5.C14H15NO2.C7H7NO3.CH4/c1-2-13(11-7-4-3-5-8-11)21-15-16(19(25)18(15)24)22-14-10-6-9-12(17(14)23)20(26)27;1-3-11(10-7-5-4-6-8-10)15-12-9(2)13(16)14(12)17;8-5-3-1-2-4(6(5)9)7(10)11;/h3-10,13,21-23H,2H2,1H3,(H,26,27);4-8,11,15H,3H2,1-2H3;1-3,9H,8H2,(H,10,11);1H4/t13-;11-;;/m11../s1. The number of rotatable bonds is 12. The molecule has 0 aliphatic heterocycles. The molecule has 56 heavy (non-hydrogen) atoms. The molecule has 6 rings (SSSR count). The van der Waals surface area contributed by atoms with E-state index in [9.17, 15) is 33.9 Å². The van der Waals surface area contributed by atoms with Crippen molar-refractivity contribution < 1.29 is 30.0 Å². The maximum Gasteiger partial charge on any atom is 0.339 e. The third kappa shape index (κ3) is 9.65. The van der Waals surface area contributed by atoms with Crippen LogP contribution in [0.3, 0.4) is 0 Å². The molecule has 0 fully saturated rings. The van der Waals surface area contributed by atoms with E-state index in [2.05, 4.69) is 16.0 Å². The summed E-state index contributed by atoms with van der Waals surface area (Å²) in [7, 11) is 0. The van der Waals surface area contributed by atoms with Crippen LogP contribution in [0.2, 0.25) is 0 Å². The minimum absolute atomic E-state index is 0. The number of para-hydroxylation sites is 2. The van der Waals surface area contributed by atoms with Crippen molar-refractivity contribution in [3.8, 4) is 11.5 Å². The van der Waals surface area contributed by atoms with E-state index >= 15 is 0 Å². The molecule has 0 saturated carbocycles. The smallest absolute Gasteiger partial charge is 0.339 e. The molecule has 0 radical (unpaired) electrons. The molecular weight excluding hydrogens is 720 g/mol. The minimum atomic E-state index is -1.30. The van der Waals surface area contributed by atoms with E-state index in [1.807, 2.05) is 74.5 Å². The Morgan fingerprint density at radius 3 is 1.46 bits per heavy atom. The van der Waals surface area contributed by atoms with Crippen LogP contribution in [-0.4, -0.2) is 32.4 Å². The highest BCUT2D eigenvalue weighted by Gasteiger charge is 2.25. The fourth-order valence-electron chi connectivity index (χ4n) is 5.57. The van der Waals surface area contributed by atoms with E-state index in [1.165, 1.54) is 36.4 Å². The van der Waals surface area contributed by atoms with Gasteiger partial charge in [-0.2, -0.15) is 0 Å². The first-order valence-electron chi connectivity index (χ1n) is 17.1. The van der Waals surface area contributed by atoms with Gasteiger partial charge in [0.05, 0.1) is 29.1 Å². The number of nitrogens with two attached hydrogens (primary N) is 1. The number of aromatic hydroxyl groups is 2. The second kappa shape index (κ2) is 19.2. The quantitative estimate of drug-likeness (QED) is 0.0379. The normalized spacial score (nSPS) is 11.4. The number of nitrogen functional groups attached to an aromatic ring is 1. The van der Waals surface area contributed by atoms with Crippen LogP contribution in [0.4, 0.5) is 28.4 Å². The average Bonchev–Trinajstić information content (AvgIpc) is 3.20. The molecule has 0 saturated heterocycles. The van der Waals surface area contributed by atoms with Gasteiger partial charge in [0, 0.05) is 5.56 Å². The lowest BCUT2D eigenvalue weighted by Crippen LogP contribution is -2.37. The zero-order chi connectivity index (χ0) is 40.4. The minimum Gasteiger partial charge on any atom is -0.505 e. The van der Waals surface area contributed by atoms with Crippen molar-refractivity contribution in [1.29, 1.82) is 0 Å². The SMILES string of the molecule is C.CC[C@@H](Nc1c(C)c(=O)c1=O)c1ccccc1.CC[C@@H](Nc1c(Nc2cccc(C(=O)O)c2O)c(=O)c1=O)c1ccccc1.Nc1cccc(C(=O)O)c1O. The molecule has 9 N–H and O–H groups in total. The number of benzene rings is 4. The molecule has 14 heteroatoms. The maximum absolute atomic E-state index is 12.0. The number of phenols is 2. The van der Waals surface area contributed by atoms with Crippen LogP contribution >= 0.6 is 0 Å². The Labute approximate surface area is 321 Å². The Kier molecular flexibility index (Phi) is 14.8. The Bertz CT molecular complexity index is 2430. The second-order valence-electron chi connectivity index (χ2n) is 12.3. The van der Waals surface area contributed by atoms with Crippen LogP contribution in [0.1, 0.15) is 83.6 Å². The topological polar surface area (TPSA) is 245 Å². The van der Waals surface area contributed by atoms with E-state index < -0.39 is 34.0 Å². The van der Waals surface area contributed by atoms with Gasteiger partial charge in [-0.1, -0.05) is 94.1 Å². The fourth-order valence-corrected chi connectivity index (χ4v) is 5.57. The first kappa shape index (κ1) is 43.2. The number of carbonyl (C=O) groups is 2. The number of hydrogen-bond acceptors (Lipinski definition) is 12. The van der Waals surface area contributed by atoms with Gasteiger partial charge in [-0.25, -0.2) is 9.59 Å². The van der Waals surface area contributed by atoms with Gasteiger partial charge in [-0.05, 0) is 55.2 Å². The van der Waals surface area contributed by atoms with Gasteiger partial charge in [0.1, 0.15) is 22.5 Å². The molecular formula is C42H44N4O10. The lowest BCUT2D eigenvalue weighted by molar-refractivity contribution is 0.0682. The lowest BCUT2D eigenvalue weighted by atomic mass is 10.0. The Morgan fingerprint density at radius 1 is 0.589 bits per heavy atom. The summed E-state index contributed by atoms with van der Waals surface area (Å²) in [6.07, 6.45) is 1.55. The molecule has 0 unspecified atom stereocenters. The van der Waals surface area contributed by atoms with E-state index in [0.717, 1.165) is 17.5 Å². The van der Waals surface area contributed by atoms with Crippen molar-refractivity contribution in [3.63, 3.8) is 0 Å². The maximum atomic E-state index is 12.0. The summed E-state index contributed by atoms with van der Waals surface area (Å²) in [4.78, 5) is 68.0. The van der Waals surface area contributed by atoms with E-state index in [-0.39, 0.29) is 64.6 Å². The predicted octanol–water partition coefficient (Wildman–Crippen LogP) is 6.46. The zero-order valence-corrected chi connectivity index (χ0v) is 30.1. The summed E-state index contributed by atoms with van der Waals surface area (Å²) in [5, 5.41) is 45.6. The highest BCUT2D eigenvalue weighted by Crippen LogP contribution is 2.33. The molecule has 0 aliphatic rings. The monoisotopic (exact) mass is 764 g/mol. The predicted molar refractivity (Wildman–Crippen MR) is 218 cm³/mol. The Hall–Kier alpha value is -7.22. The Morgan fingerprint density at radius 2 is 1.02 bits per heavy atom. The molecule has 292 valence electrons. The van der Waals surface area contributed by atoms with Crippen molar-refractivity contribution in [3.05, 3.63) is 166 Å². The number of nitrogens with one attached hydrogen (secondary N) is 3. The third-order valence-corrected chi connectivity index (χ3v) is 8.74. The lowest BCUT2D eigenvalue weighted by Gasteiger charge is -2.22. The number of anilines is 5. The zero-order valence-electron chi connectivity index (χ0n) is 30.1. The van der Waals surface area contributed by atoms with Gasteiger partial charge in [-0.3, -0.25) is 19.2 Å². The summed E-state index contributed by atoms with van der Waals surface area (Å²) in [6.45, 7) is 5.68. The van der Waals surface area contributed by atoms with Crippen LogP contribution in [0.25, 0.3) is 0 Å². The molecule has 6 aromatic rings. The average molecular weight is 765 g/mol. The summed E-state index contributed by atoms with van der Waals surface area (Å²) >= 11 is 0. The molecule has 0 bridgehead atoms. The van der Waals surface area contributed by atoms with E-state index in [0.29, 0.717) is 17.7 Å². The van der Waals surface area contributed by atoms with Crippen LogP contribution < -0.4 is 43.4 Å². The van der Waals surface area contributed by atoms with Gasteiger partial charge >= 0.3 is 11.9 Å². The molecule has 0 spiro atoms. The molecule has 0 amide bonds. The first-order chi connectivity index (χ1) is 26.2. The summed E-state index contributed by atoms with van der Waals surface area (Å²) in [5.74, 6) is -3.36. The first-order valence-corrected chi connectivity index (χ1v) is 17.1. The van der Waals surface area contributed by atoms with Crippen LogP contribution in [0.15, 0.2) is 116 Å². The summed E-state index contributed by atoms with van der Waals surface area (Å²) in [6, 6.07) is 27.6. The number of carboxylic acids is 2. The van der Waals surface area contributed by atoms with Gasteiger partial charge in [0.25, 0.3) is 10.9 Å². The van der Waals surface area contributed by atoms with Crippen molar-refractivity contribution in [2.75, 3.05) is 21.7 Å². The number of aromatic carboxylic acids is 2. The number of carboxylic acid groups (broad SMARTS) is 2. The molecule has 2 atom stereocenters. The fraction of sp³-hybridized carbons (Fsp3) is 0.190. The Balaban J connectivity index is 0.000000247. The third-order valence-electron chi connectivity index (χ3n) is 8.74. The summed E-state index contributed by atoms with van der Waals surface area (Å²) in [5.41, 5.74) is 6.00. The van der Waals surface area contributed by atoms with Gasteiger partial charge in [0.2, 0.25) is 10.9 Å². The van der Waals surface area contributed by atoms with Crippen molar-refractivity contribution >= 4 is 40.4 Å². The highest BCUT2D eigenvalue weighted by molar-refractivity contribution is 5.94. The van der Waals surface area contributed by atoms with Crippen molar-refractivity contribution in [2.45, 2.75) is 53.1 Å². The highest BCUT2D eigenvalue weighted by atomic mass is 16.4. The van der Waals surface area contributed by atoms with E-state index in [1.54, 1.807) is 6.92 Å². The van der Waals surface area contributed by atoms with Gasteiger partial charge in [0.15, 0.2) is 11.5 Å². The van der Waals surface area contributed by atoms with E-state index in [4.69, 9.17) is 21.1 Å². The molecule has 14 nitrogen and oxygen atoms in total. The second-order valence-corrected chi connectivity index (χ2v) is 12.3. The van der Waals surface area contributed by atoms with Crippen molar-refractivity contribution in [2.24, 2.45) is 0 Å². The van der Waals surface area contributed by atoms with Gasteiger partial charge < -0.3 is 42.1 Å². The molecule has 6 aromatic carbocycles. The van der Waals surface area contributed by atoms with Crippen molar-refractivity contribution in [1.82, 2.24) is 0 Å². The van der Waals surface area contributed by atoms with Crippen LogP contribution in [0.5, 0.6) is 11.5 Å². The number of hydrogen-bond donors (Lipinski definition) is 8. The van der Waals surface area contributed by atoms with Gasteiger partial charge in [-0.15, -0.1) is 0 Å². The van der Waals surface area contributed by atoms with Crippen LogP contribution in [-0.2, 0) is 0 Å². The summed E-state index contributed by atoms with van der Waals surface area (Å²) < 4.78 is 0. The van der Waals surface area contributed by atoms with Crippen LogP contribution in [0, 0.1) is 6.92 Å². The largest absolute Gasteiger partial charge is 0.505 e. The molecule has 0 heterocycles. The molecule has 0 aliphatic carbocycles. The molecule has 0 aromatic heterocycles.